The lowest BCUT2D eigenvalue weighted by Gasteiger charge is -2.04. The van der Waals surface area contributed by atoms with Crippen molar-refractivity contribution in [3.63, 3.8) is 0 Å². The van der Waals surface area contributed by atoms with Crippen LogP contribution in [0.2, 0.25) is 0 Å². The van der Waals surface area contributed by atoms with Gasteiger partial charge in [-0.15, -0.1) is 10.2 Å². The van der Waals surface area contributed by atoms with Gasteiger partial charge in [-0.25, -0.2) is 0 Å². The summed E-state index contributed by atoms with van der Waals surface area (Å²) < 4.78 is 6.24. The number of aromatic nitrogens is 2. The number of amides is 1. The smallest absolute Gasteiger partial charge is 0.264 e. The number of nitrogens with one attached hydrogen (secondary N) is 1. The minimum absolute atomic E-state index is 0.0555. The van der Waals surface area contributed by atoms with E-state index < -0.39 is 0 Å². The van der Waals surface area contributed by atoms with Crippen LogP contribution < -0.4 is 10.1 Å². The minimum Gasteiger partial charge on any atom is -0.484 e. The summed E-state index contributed by atoms with van der Waals surface area (Å²) in [6.07, 6.45) is 0.970. The van der Waals surface area contributed by atoms with Crippen LogP contribution in [0.4, 0.5) is 5.13 Å². The van der Waals surface area contributed by atoms with Crippen molar-refractivity contribution >= 4 is 34.1 Å². The number of hydrogen-bond donors (Lipinski definition) is 1. The molecule has 25 heavy (non-hydrogen) atoms. The van der Waals surface area contributed by atoms with Gasteiger partial charge in [0.25, 0.3) is 5.91 Å². The molecule has 7 heteroatoms. The summed E-state index contributed by atoms with van der Waals surface area (Å²) in [7, 11) is 0. The number of carbonyl (C=O) groups excluding carboxylic acids is 1. The third kappa shape index (κ3) is 5.88. The van der Waals surface area contributed by atoms with Crippen LogP contribution in [0.5, 0.6) is 5.75 Å². The predicted octanol–water partition coefficient (Wildman–Crippen LogP) is 3.89. The highest BCUT2D eigenvalue weighted by Crippen LogP contribution is 2.26. The summed E-state index contributed by atoms with van der Waals surface area (Å²) >= 11 is 3.01. The van der Waals surface area contributed by atoms with E-state index in [1.165, 1.54) is 16.9 Å². The lowest BCUT2D eigenvalue weighted by Crippen LogP contribution is -2.20. The van der Waals surface area contributed by atoms with Crippen molar-refractivity contribution < 1.29 is 9.53 Å². The first kappa shape index (κ1) is 17.4. The number of thioether (sulfide) groups is 1. The van der Waals surface area contributed by atoms with Gasteiger partial charge < -0.3 is 4.74 Å². The van der Waals surface area contributed by atoms with Gasteiger partial charge in [0, 0.05) is 5.75 Å². The van der Waals surface area contributed by atoms with Crippen molar-refractivity contribution in [2.45, 2.75) is 10.8 Å². The van der Waals surface area contributed by atoms with E-state index >= 15 is 0 Å². The van der Waals surface area contributed by atoms with Crippen LogP contribution in [-0.2, 0) is 11.2 Å². The van der Waals surface area contributed by atoms with Gasteiger partial charge in [0.05, 0.1) is 0 Å². The zero-order chi connectivity index (χ0) is 17.3. The van der Waals surface area contributed by atoms with Crippen molar-refractivity contribution in [3.05, 3.63) is 66.2 Å². The van der Waals surface area contributed by atoms with Gasteiger partial charge >= 0.3 is 0 Å². The summed E-state index contributed by atoms with van der Waals surface area (Å²) in [5.41, 5.74) is 1.30. The summed E-state index contributed by atoms with van der Waals surface area (Å²) in [6, 6.07) is 19.5. The Balaban J connectivity index is 1.41. The molecular formula is C18H17N3O2S2. The molecule has 0 aliphatic heterocycles. The summed E-state index contributed by atoms with van der Waals surface area (Å²) in [5.74, 6) is 1.33. The molecule has 3 rings (SSSR count). The van der Waals surface area contributed by atoms with Gasteiger partial charge in [-0.1, -0.05) is 71.6 Å². The SMILES string of the molecule is O=C(COc1ccccc1)Nc1nnc(SCCc2ccccc2)s1. The number of nitrogens with zero attached hydrogens (tertiary/aromatic N) is 2. The number of aryl methyl sites for hydroxylation is 1. The van der Waals surface area contributed by atoms with Crippen LogP contribution in [0, 0.1) is 0 Å². The topological polar surface area (TPSA) is 64.1 Å². The molecule has 0 bridgehead atoms. The molecule has 0 radical (unpaired) electrons. The maximum Gasteiger partial charge on any atom is 0.264 e. The van der Waals surface area contributed by atoms with Gasteiger partial charge in [0.1, 0.15) is 5.75 Å². The van der Waals surface area contributed by atoms with E-state index in [1.54, 1.807) is 23.9 Å². The van der Waals surface area contributed by atoms with E-state index in [-0.39, 0.29) is 12.5 Å². The average molecular weight is 371 g/mol. The van der Waals surface area contributed by atoms with Gasteiger partial charge in [-0.3, -0.25) is 10.1 Å². The molecular weight excluding hydrogens is 354 g/mol. The Hall–Kier alpha value is -2.38. The fraction of sp³-hybridized carbons (Fsp3) is 0.167. The van der Waals surface area contributed by atoms with E-state index in [2.05, 4.69) is 27.6 Å². The van der Waals surface area contributed by atoms with Gasteiger partial charge in [0.15, 0.2) is 10.9 Å². The third-order valence-corrected chi connectivity index (χ3v) is 5.20. The first-order valence-electron chi connectivity index (χ1n) is 7.77. The first-order valence-corrected chi connectivity index (χ1v) is 9.58. The van der Waals surface area contributed by atoms with E-state index in [0.29, 0.717) is 10.9 Å². The normalized spacial score (nSPS) is 10.4. The Morgan fingerprint density at radius 2 is 1.76 bits per heavy atom. The van der Waals surface area contributed by atoms with E-state index in [0.717, 1.165) is 16.5 Å². The number of ether oxygens (including phenoxy) is 1. The molecule has 0 saturated carbocycles. The van der Waals surface area contributed by atoms with E-state index in [9.17, 15) is 4.79 Å². The van der Waals surface area contributed by atoms with Crippen LogP contribution in [0.3, 0.4) is 0 Å². The number of hydrogen-bond acceptors (Lipinski definition) is 6. The first-order chi connectivity index (χ1) is 12.3. The zero-order valence-corrected chi connectivity index (χ0v) is 15.1. The molecule has 0 fully saturated rings. The highest BCUT2D eigenvalue weighted by molar-refractivity contribution is 8.01. The van der Waals surface area contributed by atoms with Crippen molar-refractivity contribution in [2.75, 3.05) is 17.7 Å². The Morgan fingerprint density at radius 1 is 1.04 bits per heavy atom. The van der Waals surface area contributed by atoms with E-state index in [4.69, 9.17) is 4.74 Å². The van der Waals surface area contributed by atoms with Gasteiger partial charge in [0.2, 0.25) is 5.13 Å². The van der Waals surface area contributed by atoms with Gasteiger partial charge in [-0.05, 0) is 24.1 Å². The van der Waals surface area contributed by atoms with Crippen LogP contribution >= 0.6 is 23.1 Å². The van der Waals surface area contributed by atoms with Crippen molar-refractivity contribution in [1.82, 2.24) is 10.2 Å². The van der Waals surface area contributed by atoms with Crippen molar-refractivity contribution in [3.8, 4) is 5.75 Å². The summed E-state index contributed by atoms with van der Waals surface area (Å²) in [5, 5.41) is 11.3. The molecule has 128 valence electrons. The van der Waals surface area contributed by atoms with Crippen LogP contribution in [0.15, 0.2) is 65.0 Å². The molecule has 3 aromatic rings. The Kier molecular flexibility index (Phi) is 6.42. The molecule has 1 heterocycles. The number of benzene rings is 2. The Morgan fingerprint density at radius 3 is 2.52 bits per heavy atom. The highest BCUT2D eigenvalue weighted by Gasteiger charge is 2.09. The summed E-state index contributed by atoms with van der Waals surface area (Å²) in [6.45, 7) is -0.0555. The molecule has 1 aromatic heterocycles. The quantitative estimate of drug-likeness (QED) is 0.481. The van der Waals surface area contributed by atoms with Crippen LogP contribution in [0.1, 0.15) is 5.56 Å². The second kappa shape index (κ2) is 9.19. The lowest BCUT2D eigenvalue weighted by atomic mass is 10.2. The predicted molar refractivity (Wildman–Crippen MR) is 101 cm³/mol. The number of anilines is 1. The molecule has 0 aliphatic carbocycles. The Bertz CT molecular complexity index is 794. The molecule has 5 nitrogen and oxygen atoms in total. The monoisotopic (exact) mass is 371 g/mol. The molecule has 0 unspecified atom stereocenters. The average Bonchev–Trinajstić information content (AvgIpc) is 3.09. The Labute approximate surface area is 154 Å². The molecule has 0 spiro atoms. The van der Waals surface area contributed by atoms with E-state index in [1.807, 2.05) is 36.4 Å². The summed E-state index contributed by atoms with van der Waals surface area (Å²) in [4.78, 5) is 11.9. The molecule has 0 atom stereocenters. The number of para-hydroxylation sites is 1. The maximum atomic E-state index is 11.9. The standard InChI is InChI=1S/C18H17N3O2S2/c22-16(13-23-15-9-5-2-6-10-15)19-17-20-21-18(25-17)24-12-11-14-7-3-1-4-8-14/h1-10H,11-13H2,(H,19,20,22). The fourth-order valence-electron chi connectivity index (χ4n) is 2.04. The molecule has 1 amide bonds. The van der Waals surface area contributed by atoms with Crippen molar-refractivity contribution in [2.24, 2.45) is 0 Å². The molecule has 2 aromatic carbocycles. The largest absolute Gasteiger partial charge is 0.484 e. The maximum absolute atomic E-state index is 11.9. The zero-order valence-electron chi connectivity index (χ0n) is 13.4. The van der Waals surface area contributed by atoms with Gasteiger partial charge in [-0.2, -0.15) is 0 Å². The second-order valence-corrected chi connectivity index (χ2v) is 7.43. The van der Waals surface area contributed by atoms with Crippen LogP contribution in [0.25, 0.3) is 0 Å². The molecule has 0 saturated heterocycles. The second-order valence-electron chi connectivity index (χ2n) is 5.11. The minimum atomic E-state index is -0.249. The molecule has 1 N–H and O–H groups in total. The molecule has 0 aliphatic rings. The number of rotatable bonds is 8. The highest BCUT2D eigenvalue weighted by atomic mass is 32.2. The van der Waals surface area contributed by atoms with Crippen LogP contribution in [-0.4, -0.2) is 28.5 Å². The van der Waals surface area contributed by atoms with Crippen molar-refractivity contribution in [1.29, 1.82) is 0 Å². The number of carbonyl (C=O) groups is 1. The fourth-order valence-corrected chi connectivity index (χ4v) is 3.87. The lowest BCUT2D eigenvalue weighted by molar-refractivity contribution is -0.118. The third-order valence-electron chi connectivity index (χ3n) is 3.23.